The van der Waals surface area contributed by atoms with Gasteiger partial charge in [0.05, 0.1) is 16.0 Å². The molecular weight excluding hydrogens is 438 g/mol. The molecule has 164 valence electrons. The van der Waals surface area contributed by atoms with E-state index in [4.69, 9.17) is 17.0 Å². The molecule has 0 bridgehead atoms. The summed E-state index contributed by atoms with van der Waals surface area (Å²) >= 11 is 6.78. The summed E-state index contributed by atoms with van der Waals surface area (Å²) in [5, 5.41) is 22.5. The van der Waals surface area contributed by atoms with Crippen LogP contribution in [0.1, 0.15) is 55.4 Å². The van der Waals surface area contributed by atoms with Crippen molar-refractivity contribution in [2.24, 2.45) is 5.92 Å². The van der Waals surface area contributed by atoms with Gasteiger partial charge in [0.25, 0.3) is 5.91 Å². The second-order valence-electron chi connectivity index (χ2n) is 7.91. The molecule has 1 aliphatic rings. The molecule has 1 amide bonds. The number of carbonyl (C=O) groups is 1. The predicted octanol–water partition coefficient (Wildman–Crippen LogP) is 6.20. The Balaban J connectivity index is 1.81. The molecule has 0 radical (unpaired) electrons. The van der Waals surface area contributed by atoms with Gasteiger partial charge in [-0.25, -0.2) is 0 Å². The van der Waals surface area contributed by atoms with E-state index in [-0.39, 0.29) is 5.57 Å². The first-order chi connectivity index (χ1) is 15.5. The third-order valence-electron chi connectivity index (χ3n) is 5.44. The molecule has 1 aliphatic carbocycles. The summed E-state index contributed by atoms with van der Waals surface area (Å²) in [7, 11) is 0. The van der Waals surface area contributed by atoms with Crippen LogP contribution in [0.4, 0.5) is 5.00 Å². The second kappa shape index (κ2) is 11.0. The molecule has 1 aromatic heterocycles. The molecule has 0 saturated carbocycles. The molecule has 1 unspecified atom stereocenters. The first kappa shape index (κ1) is 23.7. The van der Waals surface area contributed by atoms with Gasteiger partial charge >= 0.3 is 0 Å². The average molecular weight is 464 g/mol. The average Bonchev–Trinajstić information content (AvgIpc) is 2.79. The van der Waals surface area contributed by atoms with Crippen LogP contribution in [-0.2, 0) is 17.6 Å². The highest BCUT2D eigenvalue weighted by Crippen LogP contribution is 2.36. The maximum Gasteiger partial charge on any atom is 0.266 e. The van der Waals surface area contributed by atoms with Crippen molar-refractivity contribution in [2.75, 3.05) is 11.9 Å². The Hall–Kier alpha value is -3.00. The zero-order valence-corrected chi connectivity index (χ0v) is 19.9. The molecule has 0 aliphatic heterocycles. The van der Waals surface area contributed by atoms with Crippen molar-refractivity contribution in [3.8, 4) is 17.9 Å². The van der Waals surface area contributed by atoms with E-state index in [0.29, 0.717) is 32.5 Å². The van der Waals surface area contributed by atoms with Crippen molar-refractivity contribution in [1.82, 2.24) is 0 Å². The molecule has 5 nitrogen and oxygen atoms in total. The fourth-order valence-corrected chi connectivity index (χ4v) is 5.01. The minimum atomic E-state index is -0.554. The molecule has 0 fully saturated rings. The van der Waals surface area contributed by atoms with Crippen LogP contribution in [0.5, 0.6) is 5.75 Å². The highest BCUT2D eigenvalue weighted by Gasteiger charge is 2.24. The van der Waals surface area contributed by atoms with Crippen LogP contribution in [0.15, 0.2) is 29.8 Å². The Kier molecular flexibility index (Phi) is 8.16. The number of fused-ring (bicyclic) bond motifs is 1. The molecular formula is C25H25N3O2S2. The molecule has 1 N–H and O–H groups in total. The highest BCUT2D eigenvalue weighted by molar-refractivity contribution is 7.73. The Morgan fingerprint density at radius 1 is 1.31 bits per heavy atom. The van der Waals surface area contributed by atoms with E-state index in [1.807, 2.05) is 18.2 Å². The van der Waals surface area contributed by atoms with Gasteiger partial charge < -0.3 is 10.1 Å². The highest BCUT2D eigenvalue weighted by atomic mass is 32.1. The van der Waals surface area contributed by atoms with Gasteiger partial charge in [-0.1, -0.05) is 44.6 Å². The van der Waals surface area contributed by atoms with Crippen molar-refractivity contribution < 1.29 is 9.53 Å². The molecule has 7 heteroatoms. The summed E-state index contributed by atoms with van der Waals surface area (Å²) < 4.78 is 6.34. The molecule has 2 aromatic rings. The van der Waals surface area contributed by atoms with Crippen LogP contribution in [0.2, 0.25) is 0 Å². The summed E-state index contributed by atoms with van der Waals surface area (Å²) in [5.41, 5.74) is 3.12. The van der Waals surface area contributed by atoms with Gasteiger partial charge in [-0.3, -0.25) is 4.79 Å². The zero-order chi connectivity index (χ0) is 23.1. The Morgan fingerprint density at radius 3 is 2.72 bits per heavy atom. The van der Waals surface area contributed by atoms with E-state index < -0.39 is 5.91 Å². The van der Waals surface area contributed by atoms with Crippen LogP contribution in [0, 0.1) is 32.4 Å². The maximum absolute atomic E-state index is 12.8. The smallest absolute Gasteiger partial charge is 0.266 e. The molecule has 1 aromatic carbocycles. The third-order valence-corrected chi connectivity index (χ3v) is 6.87. The number of nitrogens with zero attached hydrogens (tertiary/aromatic N) is 2. The first-order valence-electron chi connectivity index (χ1n) is 10.7. The fraction of sp³-hybridized carbons (Fsp3) is 0.360. The minimum absolute atomic E-state index is 0.0435. The summed E-state index contributed by atoms with van der Waals surface area (Å²) in [6.45, 7) is 4.94. The van der Waals surface area contributed by atoms with Gasteiger partial charge in [-0.2, -0.15) is 10.5 Å². The molecule has 0 saturated heterocycles. The number of unbranched alkanes of at least 4 members (excludes halogenated alkanes) is 1. The van der Waals surface area contributed by atoms with Gasteiger partial charge in [-0.15, -0.1) is 11.3 Å². The number of ether oxygens (including phenoxy) is 1. The van der Waals surface area contributed by atoms with Crippen LogP contribution in [-0.4, -0.2) is 12.5 Å². The van der Waals surface area contributed by atoms with Gasteiger partial charge in [-0.05, 0) is 66.5 Å². The van der Waals surface area contributed by atoms with E-state index in [2.05, 4.69) is 25.2 Å². The number of carbonyl (C=O) groups excluding carboxylic acids is 1. The molecule has 3 rings (SSSR count). The van der Waals surface area contributed by atoms with E-state index in [9.17, 15) is 15.3 Å². The number of nitriles is 2. The largest absolute Gasteiger partial charge is 0.494 e. The second-order valence-corrected chi connectivity index (χ2v) is 9.59. The van der Waals surface area contributed by atoms with Gasteiger partial charge in [0, 0.05) is 0 Å². The monoisotopic (exact) mass is 463 g/mol. The third kappa shape index (κ3) is 5.62. The fourth-order valence-electron chi connectivity index (χ4n) is 3.63. The van der Waals surface area contributed by atoms with Crippen molar-refractivity contribution in [2.45, 2.75) is 46.0 Å². The lowest BCUT2D eigenvalue weighted by molar-refractivity contribution is -0.112. The predicted molar refractivity (Wildman–Crippen MR) is 130 cm³/mol. The summed E-state index contributed by atoms with van der Waals surface area (Å²) in [4.78, 5) is 12.8. The van der Waals surface area contributed by atoms with Gasteiger partial charge in [0.15, 0.2) is 0 Å². The number of nitrogens with one attached hydrogen (secondary N) is 1. The minimum Gasteiger partial charge on any atom is -0.494 e. The zero-order valence-electron chi connectivity index (χ0n) is 18.2. The van der Waals surface area contributed by atoms with Crippen molar-refractivity contribution in [1.29, 1.82) is 10.5 Å². The summed E-state index contributed by atoms with van der Waals surface area (Å²) in [6.07, 6.45) is 6.19. The molecule has 32 heavy (non-hydrogen) atoms. The Labute approximate surface area is 198 Å². The van der Waals surface area contributed by atoms with Crippen LogP contribution >= 0.6 is 23.6 Å². The van der Waals surface area contributed by atoms with Gasteiger partial charge in [0.1, 0.15) is 28.5 Å². The lowest BCUT2D eigenvalue weighted by Crippen LogP contribution is -2.17. The van der Waals surface area contributed by atoms with Crippen LogP contribution in [0.3, 0.4) is 0 Å². The number of amides is 1. The topological polar surface area (TPSA) is 85.9 Å². The number of benzene rings is 1. The Morgan fingerprint density at radius 2 is 2.06 bits per heavy atom. The number of anilines is 1. The Bertz CT molecular complexity index is 1170. The summed E-state index contributed by atoms with van der Waals surface area (Å²) in [5.74, 6) is 0.724. The maximum atomic E-state index is 12.8. The van der Waals surface area contributed by atoms with E-state index >= 15 is 0 Å². The standard InChI is InChI=1S/C25H25N3O2S2/c1-3-4-11-30-19-8-6-17(7-9-19)13-18(14-26)23(29)28-24-22(15-27)20-10-5-16(2)12-21(20)25(31)32-24/h6-9,13,16H,3-5,10-12H2,1-2H3,(H,28,29)/b18-13+. The van der Waals surface area contributed by atoms with Crippen molar-refractivity contribution >= 4 is 40.5 Å². The van der Waals surface area contributed by atoms with Crippen LogP contribution in [0.25, 0.3) is 6.08 Å². The summed E-state index contributed by atoms with van der Waals surface area (Å²) in [6, 6.07) is 11.4. The van der Waals surface area contributed by atoms with E-state index in [1.165, 1.54) is 17.4 Å². The SMILES string of the molecule is CCCCOc1ccc(/C=C(\C#N)C(=O)Nc2sc(=S)c3c(c2C#N)CCC(C)C3)cc1. The number of hydrogen-bond acceptors (Lipinski definition) is 6. The lowest BCUT2D eigenvalue weighted by atomic mass is 9.85. The normalized spacial score (nSPS) is 15.2. The first-order valence-corrected chi connectivity index (χ1v) is 11.9. The lowest BCUT2D eigenvalue weighted by Gasteiger charge is -2.23. The van der Waals surface area contributed by atoms with Crippen molar-refractivity contribution in [3.05, 3.63) is 55.9 Å². The number of hydrogen-bond donors (Lipinski definition) is 1. The van der Waals surface area contributed by atoms with Crippen molar-refractivity contribution in [3.63, 3.8) is 0 Å². The van der Waals surface area contributed by atoms with Crippen LogP contribution < -0.4 is 10.1 Å². The van der Waals surface area contributed by atoms with E-state index in [1.54, 1.807) is 12.1 Å². The number of rotatable bonds is 7. The van der Waals surface area contributed by atoms with Gasteiger partial charge in [0.2, 0.25) is 0 Å². The molecule has 1 atom stereocenters. The molecule has 1 heterocycles. The quantitative estimate of drug-likeness (QED) is 0.229. The van der Waals surface area contributed by atoms with E-state index in [0.717, 1.165) is 49.0 Å². The molecule has 0 spiro atoms.